The Morgan fingerprint density at radius 1 is 1.16 bits per heavy atom. The van der Waals surface area contributed by atoms with Crippen LogP contribution in [0.5, 0.6) is 5.75 Å². The first-order chi connectivity index (χ1) is 18.4. The van der Waals surface area contributed by atoms with Gasteiger partial charge in [0.25, 0.3) is 5.56 Å². The number of H-pyrrole nitrogens is 1. The lowest BCUT2D eigenvalue weighted by Gasteiger charge is -2.26. The molecule has 0 radical (unpaired) electrons. The zero-order valence-corrected chi connectivity index (χ0v) is 21.3. The van der Waals surface area contributed by atoms with Gasteiger partial charge in [0.2, 0.25) is 5.75 Å². The minimum Gasteiger partial charge on any atom is -0.502 e. The number of morpholine rings is 1. The summed E-state index contributed by atoms with van der Waals surface area (Å²) in [5.74, 6) is 4.63. The number of ether oxygens (including phenoxy) is 1. The van der Waals surface area contributed by atoms with E-state index < -0.39 is 35.8 Å². The molecule has 0 spiro atoms. The molecule has 1 aromatic heterocycles. The molecule has 0 amide bonds. The number of nitrogens with one attached hydrogen (secondary N) is 2. The summed E-state index contributed by atoms with van der Waals surface area (Å²) in [5, 5.41) is 13.1. The lowest BCUT2D eigenvalue weighted by molar-refractivity contribution is 0.0342. The van der Waals surface area contributed by atoms with Gasteiger partial charge >= 0.3 is 0 Å². The minimum atomic E-state index is -0.668. The maximum Gasteiger partial charge on any atom is 0.293 e. The predicted octanol–water partition coefficient (Wildman–Crippen LogP) is 3.12. The molecule has 1 saturated heterocycles. The van der Waals surface area contributed by atoms with Crippen molar-refractivity contribution in [3.8, 4) is 17.6 Å². The van der Waals surface area contributed by atoms with E-state index in [0.717, 1.165) is 38.4 Å². The number of aromatic nitrogens is 2. The number of alkyl halides is 1. The molecule has 1 unspecified atom stereocenters. The largest absolute Gasteiger partial charge is 0.502 e. The van der Waals surface area contributed by atoms with E-state index in [1.807, 2.05) is 12.1 Å². The molecular weight excluding hydrogens is 490 g/mol. The van der Waals surface area contributed by atoms with E-state index in [9.17, 15) is 14.3 Å². The predicted molar refractivity (Wildman–Crippen MR) is 141 cm³/mol. The number of benzene rings is 2. The van der Waals surface area contributed by atoms with Crippen LogP contribution in [-0.4, -0.2) is 65.5 Å². The number of halogens is 2. The first-order valence-electron chi connectivity index (χ1n) is 12.7. The summed E-state index contributed by atoms with van der Waals surface area (Å²) in [7, 11) is 0. The molecule has 3 N–H and O–H groups in total. The molecule has 9 heteroatoms. The van der Waals surface area contributed by atoms with Crippen molar-refractivity contribution in [2.24, 2.45) is 0 Å². The van der Waals surface area contributed by atoms with Gasteiger partial charge in [-0.3, -0.25) is 9.69 Å². The highest BCUT2D eigenvalue weighted by atomic mass is 19.1. The van der Waals surface area contributed by atoms with Crippen LogP contribution in [0.15, 0.2) is 53.6 Å². The van der Waals surface area contributed by atoms with Crippen LogP contribution in [0.4, 0.5) is 8.78 Å². The van der Waals surface area contributed by atoms with E-state index in [4.69, 9.17) is 4.74 Å². The summed E-state index contributed by atoms with van der Waals surface area (Å²) in [4.78, 5) is 20.5. The summed E-state index contributed by atoms with van der Waals surface area (Å²) in [5.41, 5.74) is 2.40. The van der Waals surface area contributed by atoms with Crippen molar-refractivity contribution in [1.29, 1.82) is 0 Å². The molecule has 200 valence electrons. The summed E-state index contributed by atoms with van der Waals surface area (Å²) >= 11 is 0. The highest BCUT2D eigenvalue weighted by Crippen LogP contribution is 2.25. The first-order valence-corrected chi connectivity index (χ1v) is 12.7. The maximum atomic E-state index is 15.3. The Morgan fingerprint density at radius 2 is 1.87 bits per heavy atom. The number of aromatic hydroxyl groups is 1. The molecule has 2 aromatic carbocycles. The van der Waals surface area contributed by atoms with Crippen molar-refractivity contribution in [2.75, 3.05) is 39.5 Å². The summed E-state index contributed by atoms with van der Waals surface area (Å²) in [6, 6.07) is 12.3. The average Bonchev–Trinajstić information content (AvgIpc) is 2.93. The van der Waals surface area contributed by atoms with Gasteiger partial charge in [-0.05, 0) is 42.3 Å². The first kappa shape index (κ1) is 27.5. The zero-order valence-electron chi connectivity index (χ0n) is 21.3. The van der Waals surface area contributed by atoms with Crippen LogP contribution >= 0.6 is 0 Å². The van der Waals surface area contributed by atoms with Gasteiger partial charge in [0.05, 0.1) is 25.2 Å². The molecule has 4 rings (SSSR count). The fourth-order valence-corrected chi connectivity index (χ4v) is 4.29. The number of hydrogen-bond acceptors (Lipinski definition) is 6. The third kappa shape index (κ3) is 7.48. The molecule has 38 heavy (non-hydrogen) atoms. The standard InChI is InChI=1S/C29H32F2N4O3/c1-20(16-30)32-17-24(15-27-28(36)29(37)34-19-33-27)25-9-8-22(14-26(25)31)5-2-21-3-6-23(7-4-21)18-35-10-12-38-13-11-35/h3-4,6-9,14,19-20,24,32,36H,10-13,15-18H2,1H3,(H,33,34,37)/t20-,24?/m1/s1. The number of nitrogens with zero attached hydrogens (tertiary/aromatic N) is 2. The van der Waals surface area contributed by atoms with Gasteiger partial charge in [0, 0.05) is 55.7 Å². The van der Waals surface area contributed by atoms with Gasteiger partial charge < -0.3 is 20.1 Å². The summed E-state index contributed by atoms with van der Waals surface area (Å²) in [6.45, 7) is 5.59. The third-order valence-corrected chi connectivity index (χ3v) is 6.54. The fraction of sp³-hybridized carbons (Fsp3) is 0.379. The topological polar surface area (TPSA) is 90.5 Å². The molecular formula is C29H32F2N4O3. The van der Waals surface area contributed by atoms with E-state index in [1.165, 1.54) is 18.0 Å². The Kier molecular flexibility index (Phi) is 9.60. The van der Waals surface area contributed by atoms with Gasteiger partial charge in [-0.2, -0.15) is 0 Å². The van der Waals surface area contributed by atoms with Crippen LogP contribution < -0.4 is 10.9 Å². The van der Waals surface area contributed by atoms with Crippen molar-refractivity contribution >= 4 is 0 Å². The Balaban J connectivity index is 1.48. The van der Waals surface area contributed by atoms with Crippen LogP contribution in [0.3, 0.4) is 0 Å². The van der Waals surface area contributed by atoms with Crippen molar-refractivity contribution in [2.45, 2.75) is 31.8 Å². The van der Waals surface area contributed by atoms with E-state index >= 15 is 4.39 Å². The molecule has 1 aliphatic rings. The van der Waals surface area contributed by atoms with Crippen molar-refractivity contribution < 1.29 is 18.6 Å². The lowest BCUT2D eigenvalue weighted by atomic mass is 9.92. The second kappa shape index (κ2) is 13.3. The van der Waals surface area contributed by atoms with E-state index in [0.29, 0.717) is 11.1 Å². The van der Waals surface area contributed by atoms with Gasteiger partial charge in [-0.1, -0.05) is 30.0 Å². The Hall–Kier alpha value is -3.58. The van der Waals surface area contributed by atoms with Gasteiger partial charge in [0.1, 0.15) is 12.5 Å². The monoisotopic (exact) mass is 522 g/mol. The van der Waals surface area contributed by atoms with E-state index in [2.05, 4.69) is 44.2 Å². The Morgan fingerprint density at radius 3 is 2.58 bits per heavy atom. The second-order valence-corrected chi connectivity index (χ2v) is 9.46. The quantitative estimate of drug-likeness (QED) is 0.374. The fourth-order valence-electron chi connectivity index (χ4n) is 4.29. The molecule has 2 atom stereocenters. The molecule has 0 bridgehead atoms. The van der Waals surface area contributed by atoms with Crippen LogP contribution in [-0.2, 0) is 17.7 Å². The highest BCUT2D eigenvalue weighted by molar-refractivity contribution is 5.45. The highest BCUT2D eigenvalue weighted by Gasteiger charge is 2.21. The Bertz CT molecular complexity index is 1330. The average molecular weight is 523 g/mol. The van der Waals surface area contributed by atoms with E-state index in [1.54, 1.807) is 19.1 Å². The zero-order chi connectivity index (χ0) is 26.9. The SMILES string of the molecule is C[C@H](CF)NCC(Cc1nc[nH]c(=O)c1O)c1ccc(C#Cc2ccc(CN3CCOCC3)cc2)cc1F. The molecule has 2 heterocycles. The Labute approximate surface area is 220 Å². The van der Waals surface area contributed by atoms with Gasteiger partial charge in [0.15, 0.2) is 0 Å². The second-order valence-electron chi connectivity index (χ2n) is 9.46. The van der Waals surface area contributed by atoms with Crippen molar-refractivity contribution in [1.82, 2.24) is 20.2 Å². The van der Waals surface area contributed by atoms with Crippen molar-refractivity contribution in [3.63, 3.8) is 0 Å². The summed E-state index contributed by atoms with van der Waals surface area (Å²) in [6.07, 6.45) is 1.29. The number of rotatable bonds is 9. The van der Waals surface area contributed by atoms with Crippen molar-refractivity contribution in [3.05, 3.63) is 92.9 Å². The summed E-state index contributed by atoms with van der Waals surface area (Å²) < 4.78 is 33.7. The maximum absolute atomic E-state index is 15.3. The van der Waals surface area contributed by atoms with Crippen LogP contribution in [0.1, 0.15) is 40.8 Å². The molecule has 0 saturated carbocycles. The smallest absolute Gasteiger partial charge is 0.293 e. The van der Waals surface area contributed by atoms with Crippen LogP contribution in [0.2, 0.25) is 0 Å². The molecule has 7 nitrogen and oxygen atoms in total. The molecule has 1 aliphatic heterocycles. The van der Waals surface area contributed by atoms with Gasteiger partial charge in [-0.15, -0.1) is 0 Å². The number of hydrogen-bond donors (Lipinski definition) is 3. The molecule has 0 aliphatic carbocycles. The molecule has 3 aromatic rings. The van der Waals surface area contributed by atoms with Crippen LogP contribution in [0.25, 0.3) is 0 Å². The van der Waals surface area contributed by atoms with Crippen LogP contribution in [0, 0.1) is 17.7 Å². The lowest BCUT2D eigenvalue weighted by Crippen LogP contribution is -2.35. The van der Waals surface area contributed by atoms with E-state index in [-0.39, 0.29) is 18.7 Å². The molecule has 1 fully saturated rings. The third-order valence-electron chi connectivity index (χ3n) is 6.54. The minimum absolute atomic E-state index is 0.0977. The van der Waals surface area contributed by atoms with Gasteiger partial charge in [-0.25, -0.2) is 13.8 Å². The number of aromatic amines is 1. The normalized spacial score (nSPS) is 15.4.